The van der Waals surface area contributed by atoms with Crippen molar-refractivity contribution in [3.05, 3.63) is 58.1 Å². The number of carbonyl (C=O) groups is 2. The van der Waals surface area contributed by atoms with Gasteiger partial charge in [-0.3, -0.25) is 0 Å². The summed E-state index contributed by atoms with van der Waals surface area (Å²) in [4.78, 5) is 23.8. The normalized spacial score (nSPS) is 10.5. The molecule has 0 bridgehead atoms. The molecule has 0 aromatic heterocycles. The van der Waals surface area contributed by atoms with E-state index in [0.29, 0.717) is 39.6 Å². The molecule has 0 spiro atoms. The van der Waals surface area contributed by atoms with Gasteiger partial charge in [-0.1, -0.05) is 13.8 Å². The lowest BCUT2D eigenvalue weighted by atomic mass is 10.1. The average Bonchev–Trinajstić information content (AvgIpc) is 2.63. The first-order chi connectivity index (χ1) is 12.4. The van der Waals surface area contributed by atoms with Gasteiger partial charge >= 0.3 is 11.9 Å². The monoisotopic (exact) mass is 420 g/mol. The first-order valence-corrected chi connectivity index (χ1v) is 9.03. The summed E-state index contributed by atoms with van der Waals surface area (Å²) in [6, 6.07) is 11.4. The van der Waals surface area contributed by atoms with Crippen molar-refractivity contribution in [1.82, 2.24) is 0 Å². The van der Waals surface area contributed by atoms with Gasteiger partial charge in [0.15, 0.2) is 0 Å². The van der Waals surface area contributed by atoms with E-state index in [-0.39, 0.29) is 0 Å². The van der Waals surface area contributed by atoms with E-state index in [0.717, 1.165) is 6.42 Å². The van der Waals surface area contributed by atoms with Crippen molar-refractivity contribution >= 4 is 27.9 Å². The highest BCUT2D eigenvalue weighted by Gasteiger charge is 2.14. The molecular weight excluding hydrogens is 400 g/mol. The smallest absolute Gasteiger partial charge is 0.343 e. The fraction of sp³-hybridized carbons (Fsp3) is 0.300. The van der Waals surface area contributed by atoms with Crippen LogP contribution in [-0.2, 0) is 4.74 Å². The van der Waals surface area contributed by atoms with Crippen LogP contribution in [0, 0.1) is 5.92 Å². The standard InChI is InChI=1S/C20H21BrO5/c1-13(2)10-11-25-16-7-4-14(5-8-16)20(23)26-18-9-6-15(12-17(18)21)19(22)24-3/h4-9,12-13H,10-11H2,1-3H3. The topological polar surface area (TPSA) is 61.8 Å². The molecule has 26 heavy (non-hydrogen) atoms. The zero-order valence-electron chi connectivity index (χ0n) is 15.0. The Morgan fingerprint density at radius 2 is 1.65 bits per heavy atom. The molecule has 0 fully saturated rings. The maximum atomic E-state index is 12.3. The van der Waals surface area contributed by atoms with Gasteiger partial charge in [0.25, 0.3) is 0 Å². The molecule has 0 aliphatic carbocycles. The third-order valence-electron chi connectivity index (χ3n) is 3.61. The SMILES string of the molecule is COC(=O)c1ccc(OC(=O)c2ccc(OCCC(C)C)cc2)c(Br)c1. The van der Waals surface area contributed by atoms with Crippen LogP contribution in [0.3, 0.4) is 0 Å². The molecule has 0 radical (unpaired) electrons. The first-order valence-electron chi connectivity index (χ1n) is 8.23. The maximum absolute atomic E-state index is 12.3. The maximum Gasteiger partial charge on any atom is 0.343 e. The third kappa shape index (κ3) is 5.59. The third-order valence-corrected chi connectivity index (χ3v) is 4.23. The molecule has 2 aromatic rings. The van der Waals surface area contributed by atoms with Gasteiger partial charge in [0, 0.05) is 0 Å². The minimum absolute atomic E-state index is 0.319. The van der Waals surface area contributed by atoms with Crippen molar-refractivity contribution in [1.29, 1.82) is 0 Å². The minimum Gasteiger partial charge on any atom is -0.494 e. The van der Waals surface area contributed by atoms with E-state index < -0.39 is 11.9 Å². The van der Waals surface area contributed by atoms with E-state index >= 15 is 0 Å². The molecule has 0 saturated carbocycles. The summed E-state index contributed by atoms with van der Waals surface area (Å²) in [5.41, 5.74) is 0.771. The summed E-state index contributed by atoms with van der Waals surface area (Å²) in [6.45, 7) is 4.91. The molecule has 0 saturated heterocycles. The second-order valence-corrected chi connectivity index (χ2v) is 6.94. The molecular formula is C20H21BrO5. The van der Waals surface area contributed by atoms with Crippen LogP contribution in [0.1, 0.15) is 41.0 Å². The highest BCUT2D eigenvalue weighted by atomic mass is 79.9. The number of rotatable bonds is 7. The predicted octanol–water partition coefficient (Wildman–Crippen LogP) is 4.88. The molecule has 0 atom stereocenters. The molecule has 5 nitrogen and oxygen atoms in total. The molecule has 6 heteroatoms. The summed E-state index contributed by atoms with van der Waals surface area (Å²) >= 11 is 3.29. The molecule has 0 unspecified atom stereocenters. The molecule has 138 valence electrons. The molecule has 2 aromatic carbocycles. The molecule has 0 aliphatic rings. The largest absolute Gasteiger partial charge is 0.494 e. The summed E-state index contributed by atoms with van der Waals surface area (Å²) in [7, 11) is 1.31. The Hall–Kier alpha value is -2.34. The van der Waals surface area contributed by atoms with Gasteiger partial charge in [-0.05, 0) is 70.7 Å². The Balaban J connectivity index is 2.00. The van der Waals surface area contributed by atoms with E-state index in [9.17, 15) is 9.59 Å². The number of methoxy groups -OCH3 is 1. The molecule has 0 N–H and O–H groups in total. The van der Waals surface area contributed by atoms with Gasteiger partial charge in [0.1, 0.15) is 11.5 Å². The Morgan fingerprint density at radius 1 is 1.00 bits per heavy atom. The van der Waals surface area contributed by atoms with Gasteiger partial charge in [-0.25, -0.2) is 9.59 Å². The number of esters is 2. The fourth-order valence-electron chi connectivity index (χ4n) is 2.09. The van der Waals surface area contributed by atoms with Crippen LogP contribution in [-0.4, -0.2) is 25.7 Å². The molecule has 0 amide bonds. The highest BCUT2D eigenvalue weighted by molar-refractivity contribution is 9.10. The Bertz CT molecular complexity index is 768. The van der Waals surface area contributed by atoms with Crippen LogP contribution in [0.4, 0.5) is 0 Å². The van der Waals surface area contributed by atoms with Crippen LogP contribution in [0.15, 0.2) is 46.9 Å². The number of ether oxygens (including phenoxy) is 3. The van der Waals surface area contributed by atoms with Crippen LogP contribution >= 0.6 is 15.9 Å². The first kappa shape index (κ1) is 20.0. The zero-order chi connectivity index (χ0) is 19.1. The average molecular weight is 421 g/mol. The molecule has 0 heterocycles. The lowest BCUT2D eigenvalue weighted by Gasteiger charge is -2.10. The second kappa shape index (κ2) is 9.38. The second-order valence-electron chi connectivity index (χ2n) is 6.08. The van der Waals surface area contributed by atoms with E-state index in [1.165, 1.54) is 19.2 Å². The quantitative estimate of drug-likeness (QED) is 0.471. The van der Waals surface area contributed by atoms with Crippen molar-refractivity contribution in [3.63, 3.8) is 0 Å². The number of hydrogen-bond acceptors (Lipinski definition) is 5. The van der Waals surface area contributed by atoms with Gasteiger partial charge in [-0.2, -0.15) is 0 Å². The van der Waals surface area contributed by atoms with Gasteiger partial charge < -0.3 is 14.2 Å². The lowest BCUT2D eigenvalue weighted by molar-refractivity contribution is 0.0600. The van der Waals surface area contributed by atoms with Gasteiger partial charge in [0.05, 0.1) is 29.3 Å². The molecule has 0 aliphatic heterocycles. The van der Waals surface area contributed by atoms with Crippen LogP contribution in [0.5, 0.6) is 11.5 Å². The van der Waals surface area contributed by atoms with E-state index in [2.05, 4.69) is 34.5 Å². The van der Waals surface area contributed by atoms with Crippen LogP contribution < -0.4 is 9.47 Å². The van der Waals surface area contributed by atoms with Gasteiger partial charge in [-0.15, -0.1) is 0 Å². The predicted molar refractivity (Wildman–Crippen MR) is 102 cm³/mol. The summed E-state index contributed by atoms with van der Waals surface area (Å²) in [5.74, 6) is 0.654. The summed E-state index contributed by atoms with van der Waals surface area (Å²) in [5, 5.41) is 0. The Morgan fingerprint density at radius 3 is 2.23 bits per heavy atom. The molecule has 2 rings (SSSR count). The van der Waals surface area contributed by atoms with Crippen molar-refractivity contribution in [2.75, 3.05) is 13.7 Å². The van der Waals surface area contributed by atoms with Crippen molar-refractivity contribution in [2.24, 2.45) is 5.92 Å². The summed E-state index contributed by atoms with van der Waals surface area (Å²) in [6.07, 6.45) is 0.972. The minimum atomic E-state index is -0.495. The Kier molecular flexibility index (Phi) is 7.21. The van der Waals surface area contributed by atoms with E-state index in [1.807, 2.05) is 0 Å². The Labute approximate surface area is 161 Å². The number of hydrogen-bond donors (Lipinski definition) is 0. The van der Waals surface area contributed by atoms with E-state index in [4.69, 9.17) is 9.47 Å². The van der Waals surface area contributed by atoms with Crippen LogP contribution in [0.25, 0.3) is 0 Å². The van der Waals surface area contributed by atoms with Gasteiger partial charge in [0.2, 0.25) is 0 Å². The van der Waals surface area contributed by atoms with Crippen LogP contribution in [0.2, 0.25) is 0 Å². The fourth-order valence-corrected chi connectivity index (χ4v) is 2.55. The highest BCUT2D eigenvalue weighted by Crippen LogP contribution is 2.27. The number of halogens is 1. The number of carbonyl (C=O) groups excluding carboxylic acids is 2. The van der Waals surface area contributed by atoms with E-state index in [1.54, 1.807) is 30.3 Å². The van der Waals surface area contributed by atoms with Crippen molar-refractivity contribution < 1.29 is 23.8 Å². The zero-order valence-corrected chi connectivity index (χ0v) is 16.5. The lowest BCUT2D eigenvalue weighted by Crippen LogP contribution is -2.09. The summed E-state index contributed by atoms with van der Waals surface area (Å²) < 4.78 is 16.1. The van der Waals surface area contributed by atoms with Crippen molar-refractivity contribution in [3.8, 4) is 11.5 Å². The number of benzene rings is 2. The van der Waals surface area contributed by atoms with Crippen molar-refractivity contribution in [2.45, 2.75) is 20.3 Å².